The Morgan fingerprint density at radius 3 is 2.85 bits per heavy atom. The van der Waals surface area contributed by atoms with Crippen molar-refractivity contribution < 1.29 is 9.32 Å². The number of pyridine rings is 1. The van der Waals surface area contributed by atoms with Crippen LogP contribution in [-0.2, 0) is 0 Å². The largest absolute Gasteiger partial charge is 0.338 e. The monoisotopic (exact) mass is 351 g/mol. The van der Waals surface area contributed by atoms with Crippen LogP contribution < -0.4 is 0 Å². The summed E-state index contributed by atoms with van der Waals surface area (Å²) in [5, 5.41) is 4.68. The number of aromatic nitrogens is 4. The van der Waals surface area contributed by atoms with Crippen LogP contribution in [0.15, 0.2) is 23.0 Å². The molecular formula is C19H21N5O2. The molecule has 134 valence electrons. The standard InChI is InChI=1S/C19H21N5O2/c1-11-7-15(17-13(3)23-26-18(17)22-11)19(25)24-6-4-5-14(10-24)16-9-20-8-12(2)21-16/h7-9,14H,4-6,10H2,1-3H3/t14-/m1/s1. The molecule has 1 saturated heterocycles. The van der Waals surface area contributed by atoms with Crippen molar-refractivity contribution in [2.24, 2.45) is 0 Å². The molecular weight excluding hydrogens is 330 g/mol. The van der Waals surface area contributed by atoms with E-state index in [0.717, 1.165) is 36.5 Å². The average molecular weight is 351 g/mol. The van der Waals surface area contributed by atoms with E-state index >= 15 is 0 Å². The Labute approximate surface area is 151 Å². The quantitative estimate of drug-likeness (QED) is 0.706. The molecule has 0 radical (unpaired) electrons. The molecule has 4 heterocycles. The SMILES string of the molecule is Cc1cncc([C@@H]2CCCN(C(=O)c3cc(C)nc4onc(C)c34)C2)n1. The van der Waals surface area contributed by atoms with Gasteiger partial charge in [-0.05, 0) is 39.7 Å². The molecule has 1 aliphatic heterocycles. The van der Waals surface area contributed by atoms with Crippen LogP contribution in [0, 0.1) is 20.8 Å². The van der Waals surface area contributed by atoms with Gasteiger partial charge in [-0.1, -0.05) is 5.16 Å². The van der Waals surface area contributed by atoms with Gasteiger partial charge in [-0.15, -0.1) is 0 Å². The maximum Gasteiger partial charge on any atom is 0.258 e. The van der Waals surface area contributed by atoms with Gasteiger partial charge < -0.3 is 9.42 Å². The van der Waals surface area contributed by atoms with Crippen LogP contribution in [0.5, 0.6) is 0 Å². The number of rotatable bonds is 2. The summed E-state index contributed by atoms with van der Waals surface area (Å²) in [6, 6.07) is 1.82. The van der Waals surface area contributed by atoms with Crippen LogP contribution in [0.1, 0.15) is 51.9 Å². The predicted molar refractivity (Wildman–Crippen MR) is 95.9 cm³/mol. The van der Waals surface area contributed by atoms with Gasteiger partial charge in [-0.3, -0.25) is 14.8 Å². The first kappa shape index (κ1) is 16.6. The minimum Gasteiger partial charge on any atom is -0.338 e. The second-order valence-corrected chi connectivity index (χ2v) is 6.93. The summed E-state index contributed by atoms with van der Waals surface area (Å²) in [5.74, 6) is 0.208. The summed E-state index contributed by atoms with van der Waals surface area (Å²) in [7, 11) is 0. The maximum atomic E-state index is 13.3. The van der Waals surface area contributed by atoms with Crippen LogP contribution >= 0.6 is 0 Å². The van der Waals surface area contributed by atoms with Crippen LogP contribution in [0.3, 0.4) is 0 Å². The highest BCUT2D eigenvalue weighted by Crippen LogP contribution is 2.29. The molecule has 3 aromatic heterocycles. The van der Waals surface area contributed by atoms with Crippen molar-refractivity contribution in [1.82, 2.24) is 25.0 Å². The zero-order chi connectivity index (χ0) is 18.3. The minimum absolute atomic E-state index is 0.00267. The Morgan fingerprint density at radius 2 is 2.04 bits per heavy atom. The minimum atomic E-state index is -0.00267. The molecule has 0 unspecified atom stereocenters. The van der Waals surface area contributed by atoms with E-state index in [4.69, 9.17) is 4.52 Å². The molecule has 0 saturated carbocycles. The smallest absolute Gasteiger partial charge is 0.258 e. The number of carbonyl (C=O) groups excluding carboxylic acids is 1. The summed E-state index contributed by atoms with van der Waals surface area (Å²) < 4.78 is 5.26. The lowest BCUT2D eigenvalue weighted by atomic mass is 9.94. The Morgan fingerprint density at radius 1 is 1.19 bits per heavy atom. The molecule has 7 heteroatoms. The highest BCUT2D eigenvalue weighted by Gasteiger charge is 2.28. The fraction of sp³-hybridized carbons (Fsp3) is 0.421. The lowest BCUT2D eigenvalue weighted by Gasteiger charge is -2.32. The Balaban J connectivity index is 1.65. The normalized spacial score (nSPS) is 17.7. The number of hydrogen-bond donors (Lipinski definition) is 0. The fourth-order valence-electron chi connectivity index (χ4n) is 3.64. The molecule has 1 fully saturated rings. The van der Waals surface area contributed by atoms with Crippen molar-refractivity contribution in [3.05, 3.63) is 46.8 Å². The summed E-state index contributed by atoms with van der Waals surface area (Å²) in [6.45, 7) is 7.01. The van der Waals surface area contributed by atoms with Gasteiger partial charge in [0, 0.05) is 37.1 Å². The van der Waals surface area contributed by atoms with Gasteiger partial charge in [0.2, 0.25) is 0 Å². The highest BCUT2D eigenvalue weighted by molar-refractivity contribution is 6.06. The van der Waals surface area contributed by atoms with Gasteiger partial charge in [-0.25, -0.2) is 4.98 Å². The number of carbonyl (C=O) groups is 1. The zero-order valence-corrected chi connectivity index (χ0v) is 15.2. The first-order valence-corrected chi connectivity index (χ1v) is 8.84. The topological polar surface area (TPSA) is 85.0 Å². The first-order valence-electron chi connectivity index (χ1n) is 8.84. The second-order valence-electron chi connectivity index (χ2n) is 6.93. The van der Waals surface area contributed by atoms with Gasteiger partial charge >= 0.3 is 0 Å². The molecule has 26 heavy (non-hydrogen) atoms. The van der Waals surface area contributed by atoms with Gasteiger partial charge in [0.25, 0.3) is 11.6 Å². The maximum absolute atomic E-state index is 13.3. The van der Waals surface area contributed by atoms with E-state index in [-0.39, 0.29) is 11.8 Å². The molecule has 1 amide bonds. The van der Waals surface area contributed by atoms with E-state index < -0.39 is 0 Å². The molecule has 0 N–H and O–H groups in total. The van der Waals surface area contributed by atoms with E-state index in [2.05, 4.69) is 20.1 Å². The Kier molecular flexibility index (Phi) is 4.14. The van der Waals surface area contributed by atoms with E-state index in [1.807, 2.05) is 37.9 Å². The van der Waals surface area contributed by atoms with E-state index in [9.17, 15) is 4.79 Å². The summed E-state index contributed by atoms with van der Waals surface area (Å²) in [5.41, 5.74) is 4.33. The van der Waals surface area contributed by atoms with Crippen molar-refractivity contribution in [1.29, 1.82) is 0 Å². The average Bonchev–Trinajstić information content (AvgIpc) is 3.01. The van der Waals surface area contributed by atoms with Gasteiger partial charge in [0.05, 0.1) is 28.0 Å². The molecule has 1 atom stereocenters. The predicted octanol–water partition coefficient (Wildman–Crippen LogP) is 2.96. The lowest BCUT2D eigenvalue weighted by Crippen LogP contribution is -2.39. The molecule has 0 bridgehead atoms. The zero-order valence-electron chi connectivity index (χ0n) is 15.2. The highest BCUT2D eigenvalue weighted by atomic mass is 16.5. The Hall–Kier alpha value is -2.83. The molecule has 1 aliphatic rings. The third-order valence-corrected chi connectivity index (χ3v) is 4.88. The molecule has 4 rings (SSSR count). The third kappa shape index (κ3) is 2.94. The third-order valence-electron chi connectivity index (χ3n) is 4.88. The summed E-state index contributed by atoms with van der Waals surface area (Å²) in [6.07, 6.45) is 5.52. The molecule has 0 spiro atoms. The van der Waals surface area contributed by atoms with E-state index in [0.29, 0.717) is 28.9 Å². The summed E-state index contributed by atoms with van der Waals surface area (Å²) >= 11 is 0. The van der Waals surface area contributed by atoms with Crippen molar-refractivity contribution >= 4 is 17.0 Å². The van der Waals surface area contributed by atoms with Crippen LogP contribution in [0.25, 0.3) is 11.1 Å². The lowest BCUT2D eigenvalue weighted by molar-refractivity contribution is 0.0707. The number of nitrogens with zero attached hydrogens (tertiary/aromatic N) is 5. The van der Waals surface area contributed by atoms with Crippen molar-refractivity contribution in [3.8, 4) is 0 Å². The van der Waals surface area contributed by atoms with Crippen LogP contribution in [0.2, 0.25) is 0 Å². The second kappa shape index (κ2) is 6.48. The Bertz CT molecular complexity index is 981. The first-order chi connectivity index (χ1) is 12.5. The number of piperidine rings is 1. The number of aryl methyl sites for hydroxylation is 3. The van der Waals surface area contributed by atoms with Crippen LogP contribution in [0.4, 0.5) is 0 Å². The van der Waals surface area contributed by atoms with Crippen molar-refractivity contribution in [3.63, 3.8) is 0 Å². The van der Waals surface area contributed by atoms with E-state index in [1.54, 1.807) is 6.20 Å². The number of fused-ring (bicyclic) bond motifs is 1. The van der Waals surface area contributed by atoms with Gasteiger partial charge in [-0.2, -0.15) is 0 Å². The van der Waals surface area contributed by atoms with Gasteiger partial charge in [0.1, 0.15) is 0 Å². The van der Waals surface area contributed by atoms with E-state index in [1.165, 1.54) is 0 Å². The summed E-state index contributed by atoms with van der Waals surface area (Å²) in [4.78, 5) is 28.3. The molecule has 0 aromatic carbocycles. The number of likely N-dealkylation sites (tertiary alicyclic amines) is 1. The molecule has 3 aromatic rings. The number of hydrogen-bond acceptors (Lipinski definition) is 6. The van der Waals surface area contributed by atoms with Crippen LogP contribution in [-0.4, -0.2) is 44.0 Å². The molecule has 7 nitrogen and oxygen atoms in total. The fourth-order valence-corrected chi connectivity index (χ4v) is 3.64. The van der Waals surface area contributed by atoms with Crippen molar-refractivity contribution in [2.75, 3.05) is 13.1 Å². The molecule has 0 aliphatic carbocycles. The van der Waals surface area contributed by atoms with Gasteiger partial charge in [0.15, 0.2) is 0 Å². The van der Waals surface area contributed by atoms with Crippen molar-refractivity contribution in [2.45, 2.75) is 39.5 Å². The number of amides is 1.